The van der Waals surface area contributed by atoms with E-state index in [1.807, 2.05) is 12.1 Å². The zero-order chi connectivity index (χ0) is 28.1. The van der Waals surface area contributed by atoms with Gasteiger partial charge in [-0.05, 0) is 43.0 Å². The molecule has 0 aliphatic carbocycles. The molecule has 1 aromatic carbocycles. The summed E-state index contributed by atoms with van der Waals surface area (Å²) in [6.07, 6.45) is -1.19. The zero-order valence-electron chi connectivity index (χ0n) is 21.3. The van der Waals surface area contributed by atoms with E-state index in [1.54, 1.807) is 23.5 Å². The van der Waals surface area contributed by atoms with Gasteiger partial charge in [-0.2, -0.15) is 0 Å². The molecule has 0 unspecified atom stereocenters. The highest BCUT2D eigenvalue weighted by molar-refractivity contribution is 7.10. The van der Waals surface area contributed by atoms with Crippen molar-refractivity contribution in [3.8, 4) is 0 Å². The van der Waals surface area contributed by atoms with E-state index in [4.69, 9.17) is 25.2 Å². The summed E-state index contributed by atoms with van der Waals surface area (Å²) in [4.78, 5) is 36.7. The highest BCUT2D eigenvalue weighted by atomic mass is 32.1. The molecule has 0 bridgehead atoms. The minimum absolute atomic E-state index is 0.108. The normalized spacial score (nSPS) is 14.1. The highest BCUT2D eigenvalue weighted by Gasteiger charge is 2.40. The van der Waals surface area contributed by atoms with E-state index < -0.39 is 36.4 Å². The van der Waals surface area contributed by atoms with Gasteiger partial charge in [0.1, 0.15) is 5.82 Å². The number of aliphatic carboxylic acids is 3. The Morgan fingerprint density at radius 2 is 1.68 bits per heavy atom. The Labute approximate surface area is 224 Å². The number of aryl methyl sites for hydroxylation is 1. The number of thiophene rings is 1. The average molecular weight is 555 g/mol. The predicted molar refractivity (Wildman–Crippen MR) is 139 cm³/mol. The van der Waals surface area contributed by atoms with Crippen molar-refractivity contribution >= 4 is 29.2 Å². The minimum atomic E-state index is -2.74. The molecular formula is C26H35FN2O8S. The van der Waals surface area contributed by atoms with Crippen LogP contribution in [0.25, 0.3) is 0 Å². The van der Waals surface area contributed by atoms with Crippen LogP contribution in [0.4, 0.5) is 4.39 Å². The van der Waals surface area contributed by atoms with Crippen LogP contribution in [0.15, 0.2) is 35.7 Å². The molecule has 10 nitrogen and oxygen atoms in total. The summed E-state index contributed by atoms with van der Waals surface area (Å²) in [6.45, 7) is 9.49. The van der Waals surface area contributed by atoms with Crippen LogP contribution in [0.1, 0.15) is 35.3 Å². The van der Waals surface area contributed by atoms with Crippen LogP contribution in [-0.2, 0) is 32.2 Å². The maximum absolute atomic E-state index is 14.1. The number of ether oxygens (including phenoxy) is 1. The smallest absolute Gasteiger partial charge is 0.336 e. The molecule has 3 rings (SSSR count). The van der Waals surface area contributed by atoms with E-state index in [0.717, 1.165) is 57.9 Å². The summed E-state index contributed by atoms with van der Waals surface area (Å²) in [5.74, 6) is -5.13. The molecular weight excluding hydrogens is 519 g/mol. The van der Waals surface area contributed by atoms with Crippen LogP contribution in [0.3, 0.4) is 0 Å². The van der Waals surface area contributed by atoms with Crippen molar-refractivity contribution in [2.45, 2.75) is 44.9 Å². The molecule has 1 aliphatic rings. The lowest BCUT2D eigenvalue weighted by Crippen LogP contribution is -2.42. The Hall–Kier alpha value is -2.90. The summed E-state index contributed by atoms with van der Waals surface area (Å²) >= 11 is 1.79. The van der Waals surface area contributed by atoms with E-state index in [-0.39, 0.29) is 5.82 Å². The van der Waals surface area contributed by atoms with E-state index in [9.17, 15) is 18.8 Å². The molecule has 12 heteroatoms. The van der Waals surface area contributed by atoms with Crippen LogP contribution < -0.4 is 0 Å². The monoisotopic (exact) mass is 554 g/mol. The number of aliphatic hydroxyl groups is 1. The number of morpholine rings is 1. The summed E-state index contributed by atoms with van der Waals surface area (Å²) in [5, 5.41) is 35.9. The van der Waals surface area contributed by atoms with E-state index in [0.29, 0.717) is 6.54 Å². The number of halogens is 1. The SMILES string of the molecule is Cc1ccsc1CN(CCCN1CCOCC1)Cc1ccccc1F.O=C(O)CC(O)(CC(=O)O)C(=O)O. The predicted octanol–water partition coefficient (Wildman–Crippen LogP) is 2.67. The molecule has 1 aliphatic heterocycles. The first-order chi connectivity index (χ1) is 18.0. The maximum atomic E-state index is 14.1. The van der Waals surface area contributed by atoms with Gasteiger partial charge in [-0.15, -0.1) is 11.3 Å². The summed E-state index contributed by atoms with van der Waals surface area (Å²) in [6, 6.07) is 9.28. The van der Waals surface area contributed by atoms with Gasteiger partial charge >= 0.3 is 17.9 Å². The quantitative estimate of drug-likeness (QED) is 0.291. The molecule has 2 aromatic rings. The number of benzene rings is 1. The Morgan fingerprint density at radius 3 is 2.21 bits per heavy atom. The summed E-state index contributed by atoms with van der Waals surface area (Å²) in [5.41, 5.74) is -0.628. The maximum Gasteiger partial charge on any atom is 0.336 e. The molecule has 0 atom stereocenters. The van der Waals surface area contributed by atoms with E-state index in [1.165, 1.54) is 10.4 Å². The lowest BCUT2D eigenvalue weighted by atomic mass is 9.96. The molecule has 0 saturated carbocycles. The Kier molecular flexibility index (Phi) is 12.8. The topological polar surface area (TPSA) is 148 Å². The summed E-state index contributed by atoms with van der Waals surface area (Å²) in [7, 11) is 0. The standard InChI is InChI=1S/C20H27FN2OS.C6H8O7/c1-17-7-14-25-20(17)16-23(15-18-5-2-3-6-19(18)21)9-4-8-22-10-12-24-13-11-22;7-3(8)1-6(13,5(11)12)2-4(9)10/h2-3,5-7,14H,4,8-13,15-16H2,1H3;13H,1-2H2,(H,7,8)(H,9,10)(H,11,12). The zero-order valence-corrected chi connectivity index (χ0v) is 22.2. The third-order valence-corrected chi connectivity index (χ3v) is 7.03. The van der Waals surface area contributed by atoms with Crippen molar-refractivity contribution in [2.75, 3.05) is 39.4 Å². The van der Waals surface area contributed by atoms with Gasteiger partial charge < -0.3 is 25.2 Å². The highest BCUT2D eigenvalue weighted by Crippen LogP contribution is 2.20. The molecule has 1 fully saturated rings. The first-order valence-corrected chi connectivity index (χ1v) is 13.1. The van der Waals surface area contributed by atoms with Crippen LogP contribution in [0.2, 0.25) is 0 Å². The number of carboxylic acid groups (broad SMARTS) is 3. The number of rotatable bonds is 13. The molecule has 4 N–H and O–H groups in total. The molecule has 0 radical (unpaired) electrons. The minimum Gasteiger partial charge on any atom is -0.481 e. The van der Waals surface area contributed by atoms with Gasteiger partial charge in [-0.1, -0.05) is 18.2 Å². The van der Waals surface area contributed by atoms with E-state index in [2.05, 4.69) is 28.2 Å². The fourth-order valence-corrected chi connectivity index (χ4v) is 4.85. The van der Waals surface area contributed by atoms with Crippen molar-refractivity contribution < 1.29 is 43.9 Å². The first-order valence-electron chi connectivity index (χ1n) is 12.2. The average Bonchev–Trinajstić information content (AvgIpc) is 3.24. The molecule has 1 saturated heterocycles. The van der Waals surface area contributed by atoms with Gasteiger partial charge in [-0.25, -0.2) is 9.18 Å². The van der Waals surface area contributed by atoms with Crippen molar-refractivity contribution in [1.82, 2.24) is 9.80 Å². The Bertz CT molecular complexity index is 1040. The second-order valence-electron chi connectivity index (χ2n) is 9.11. The number of hydrogen-bond acceptors (Lipinski definition) is 8. The van der Waals surface area contributed by atoms with Crippen LogP contribution in [-0.4, -0.2) is 93.1 Å². The van der Waals surface area contributed by atoms with Crippen LogP contribution in [0.5, 0.6) is 0 Å². The number of nitrogens with zero attached hydrogens (tertiary/aromatic N) is 2. The van der Waals surface area contributed by atoms with Crippen LogP contribution in [0, 0.1) is 12.7 Å². The Morgan fingerprint density at radius 1 is 1.05 bits per heavy atom. The molecule has 1 aromatic heterocycles. The van der Waals surface area contributed by atoms with E-state index >= 15 is 0 Å². The number of carbonyl (C=O) groups is 3. The lowest BCUT2D eigenvalue weighted by Gasteiger charge is -2.28. The number of carboxylic acids is 3. The largest absolute Gasteiger partial charge is 0.481 e. The second kappa shape index (κ2) is 15.5. The molecule has 0 amide bonds. The summed E-state index contributed by atoms with van der Waals surface area (Å²) < 4.78 is 19.5. The van der Waals surface area contributed by atoms with Crippen molar-refractivity contribution in [3.63, 3.8) is 0 Å². The van der Waals surface area contributed by atoms with Crippen LogP contribution >= 0.6 is 11.3 Å². The molecule has 0 spiro atoms. The third-order valence-electron chi connectivity index (χ3n) is 6.02. The molecule has 38 heavy (non-hydrogen) atoms. The van der Waals surface area contributed by atoms with Gasteiger partial charge in [0, 0.05) is 43.2 Å². The number of hydrogen-bond donors (Lipinski definition) is 4. The van der Waals surface area contributed by atoms with Crippen molar-refractivity contribution in [3.05, 3.63) is 57.5 Å². The van der Waals surface area contributed by atoms with Gasteiger partial charge in [0.2, 0.25) is 0 Å². The third kappa shape index (κ3) is 10.8. The molecule has 2 heterocycles. The van der Waals surface area contributed by atoms with Gasteiger partial charge in [0.05, 0.1) is 26.1 Å². The Balaban J connectivity index is 0.000000332. The fourth-order valence-electron chi connectivity index (χ4n) is 3.91. The second-order valence-corrected chi connectivity index (χ2v) is 10.1. The van der Waals surface area contributed by atoms with Gasteiger partial charge in [0.25, 0.3) is 0 Å². The van der Waals surface area contributed by atoms with Crippen molar-refractivity contribution in [2.24, 2.45) is 0 Å². The van der Waals surface area contributed by atoms with Gasteiger partial charge in [-0.3, -0.25) is 19.4 Å². The van der Waals surface area contributed by atoms with Gasteiger partial charge in [0.15, 0.2) is 5.60 Å². The first kappa shape index (κ1) is 31.3. The lowest BCUT2D eigenvalue weighted by molar-refractivity contribution is -0.170. The van der Waals surface area contributed by atoms with Crippen molar-refractivity contribution in [1.29, 1.82) is 0 Å². The fraction of sp³-hybridized carbons (Fsp3) is 0.500. The molecule has 210 valence electrons.